The van der Waals surface area contributed by atoms with Gasteiger partial charge < -0.3 is 38.6 Å². The molecule has 2 N–H and O–H groups in total. The number of hydrogen-bond acceptors (Lipinski definition) is 8. The van der Waals surface area contributed by atoms with E-state index >= 15 is 0 Å². The minimum atomic E-state index is 0.0413. The zero-order valence-electron chi connectivity index (χ0n) is 13.0. The first-order chi connectivity index (χ1) is 10.9. The molecule has 0 aromatic carbocycles. The molecule has 132 valence electrons. The molecule has 0 saturated carbocycles. The zero-order valence-corrected chi connectivity index (χ0v) is 13.0. The van der Waals surface area contributed by atoms with Gasteiger partial charge in [0.15, 0.2) is 0 Å². The Bertz CT molecular complexity index is 211. The van der Waals surface area contributed by atoms with Gasteiger partial charge in [-0.25, -0.2) is 0 Å². The van der Waals surface area contributed by atoms with Crippen LogP contribution in [0.4, 0.5) is 0 Å². The van der Waals surface area contributed by atoms with Crippen molar-refractivity contribution in [3.8, 4) is 0 Å². The summed E-state index contributed by atoms with van der Waals surface area (Å²) >= 11 is 0. The summed E-state index contributed by atoms with van der Waals surface area (Å²) in [6, 6.07) is 0. The maximum atomic E-state index is 8.36. The number of rotatable bonds is 14. The highest BCUT2D eigenvalue weighted by Gasteiger charge is 2.26. The lowest BCUT2D eigenvalue weighted by atomic mass is 10.5. The van der Waals surface area contributed by atoms with E-state index in [1.54, 1.807) is 0 Å². The van der Waals surface area contributed by atoms with Gasteiger partial charge in [-0.3, -0.25) is 0 Å². The fourth-order valence-corrected chi connectivity index (χ4v) is 1.33. The molecule has 0 amide bonds. The van der Waals surface area contributed by atoms with Crippen LogP contribution >= 0.6 is 0 Å². The average molecular weight is 324 g/mol. The highest BCUT2D eigenvalue weighted by molar-refractivity contribution is 4.71. The van der Waals surface area contributed by atoms with Gasteiger partial charge in [0.1, 0.15) is 12.2 Å². The molecular weight excluding hydrogens is 296 g/mol. The van der Waals surface area contributed by atoms with Crippen LogP contribution in [0.15, 0.2) is 0 Å². The summed E-state index contributed by atoms with van der Waals surface area (Å²) in [4.78, 5) is 0. The molecule has 0 aromatic heterocycles. The van der Waals surface area contributed by atoms with Crippen molar-refractivity contribution in [3.05, 3.63) is 0 Å². The molecule has 2 fully saturated rings. The number of hydrogen-bond donors (Lipinski definition) is 2. The van der Waals surface area contributed by atoms with Gasteiger partial charge in [0.2, 0.25) is 0 Å². The fraction of sp³-hybridized carbons (Fsp3) is 1.00. The lowest BCUT2D eigenvalue weighted by Crippen LogP contribution is -2.11. The van der Waals surface area contributed by atoms with Crippen LogP contribution in [-0.2, 0) is 28.4 Å². The normalized spacial score (nSPS) is 22.1. The van der Waals surface area contributed by atoms with Crippen molar-refractivity contribution in [1.29, 1.82) is 0 Å². The first kappa shape index (κ1) is 19.7. The highest BCUT2D eigenvalue weighted by Crippen LogP contribution is 2.12. The Morgan fingerprint density at radius 3 is 1.32 bits per heavy atom. The molecule has 2 rings (SSSR count). The topological polar surface area (TPSA) is 102 Å². The third kappa shape index (κ3) is 14.6. The number of aliphatic hydroxyl groups excluding tert-OH is 2. The lowest BCUT2D eigenvalue weighted by Gasteiger charge is -2.04. The van der Waals surface area contributed by atoms with Gasteiger partial charge in [-0.2, -0.15) is 0 Å². The SMILES string of the molecule is C(OCC1CO1)C1CO1.OCCOCCOCCOCCO. The smallest absolute Gasteiger partial charge is 0.104 e. The average Bonchev–Trinajstić information content (AvgIpc) is 3.41. The van der Waals surface area contributed by atoms with Crippen molar-refractivity contribution >= 4 is 0 Å². The maximum absolute atomic E-state index is 8.36. The third-order valence-corrected chi connectivity index (χ3v) is 2.63. The quantitative estimate of drug-likeness (QED) is 0.304. The van der Waals surface area contributed by atoms with E-state index in [4.69, 9.17) is 38.6 Å². The molecule has 0 aromatic rings. The highest BCUT2D eigenvalue weighted by atomic mass is 16.6. The van der Waals surface area contributed by atoms with E-state index in [-0.39, 0.29) is 13.2 Å². The largest absolute Gasteiger partial charge is 0.394 e. The molecule has 0 spiro atoms. The number of epoxide rings is 2. The Kier molecular flexibility index (Phi) is 12.8. The molecule has 2 unspecified atom stereocenters. The first-order valence-corrected chi connectivity index (χ1v) is 7.62. The summed E-state index contributed by atoms with van der Waals surface area (Å²) in [7, 11) is 0. The van der Waals surface area contributed by atoms with E-state index in [0.717, 1.165) is 26.4 Å². The molecule has 2 atom stereocenters. The molecule has 8 heteroatoms. The first-order valence-electron chi connectivity index (χ1n) is 7.62. The van der Waals surface area contributed by atoms with Crippen molar-refractivity contribution in [3.63, 3.8) is 0 Å². The van der Waals surface area contributed by atoms with Crippen molar-refractivity contribution in [2.45, 2.75) is 12.2 Å². The summed E-state index contributed by atoms with van der Waals surface area (Å²) in [6.07, 6.45) is 0.785. The Hall–Kier alpha value is -0.320. The van der Waals surface area contributed by atoms with Gasteiger partial charge in [-0.1, -0.05) is 0 Å². The second kappa shape index (κ2) is 14.3. The molecular formula is C14H28O8. The van der Waals surface area contributed by atoms with Crippen LogP contribution in [0.1, 0.15) is 0 Å². The van der Waals surface area contributed by atoms with Crippen molar-refractivity contribution < 1.29 is 38.6 Å². The summed E-state index contributed by atoms with van der Waals surface area (Å²) in [5, 5.41) is 16.7. The van der Waals surface area contributed by atoms with Gasteiger partial charge >= 0.3 is 0 Å². The minimum absolute atomic E-state index is 0.0413. The molecule has 0 aliphatic carbocycles. The molecule has 0 radical (unpaired) electrons. The van der Waals surface area contributed by atoms with Gasteiger partial charge in [0.25, 0.3) is 0 Å². The van der Waals surface area contributed by atoms with Gasteiger partial charge in [0, 0.05) is 0 Å². The third-order valence-electron chi connectivity index (χ3n) is 2.63. The molecule has 22 heavy (non-hydrogen) atoms. The van der Waals surface area contributed by atoms with Gasteiger partial charge in [-0.15, -0.1) is 0 Å². The van der Waals surface area contributed by atoms with Crippen molar-refractivity contribution in [1.82, 2.24) is 0 Å². The van der Waals surface area contributed by atoms with E-state index in [9.17, 15) is 0 Å². The van der Waals surface area contributed by atoms with Crippen LogP contribution < -0.4 is 0 Å². The standard InChI is InChI=1S/C8H18O5.C6H10O3/c9-1-3-11-5-7-13-8-6-12-4-2-10;1(5-3-8-5)7-2-6-4-9-6/h9-10H,1-8H2;5-6H,1-4H2. The van der Waals surface area contributed by atoms with E-state index in [0.29, 0.717) is 51.8 Å². The molecule has 2 saturated heterocycles. The zero-order chi connectivity index (χ0) is 15.9. The second-order valence-electron chi connectivity index (χ2n) is 4.73. The summed E-state index contributed by atoms with van der Waals surface area (Å²) < 4.78 is 30.1. The Labute approximate surface area is 131 Å². The summed E-state index contributed by atoms with van der Waals surface area (Å²) in [6.45, 7) is 6.02. The van der Waals surface area contributed by atoms with Crippen LogP contribution in [-0.4, -0.2) is 102 Å². The van der Waals surface area contributed by atoms with Crippen LogP contribution in [0, 0.1) is 0 Å². The Morgan fingerprint density at radius 1 is 0.636 bits per heavy atom. The van der Waals surface area contributed by atoms with Crippen LogP contribution in [0.25, 0.3) is 0 Å². The van der Waals surface area contributed by atoms with E-state index in [1.807, 2.05) is 0 Å². The van der Waals surface area contributed by atoms with E-state index < -0.39 is 0 Å². The predicted molar refractivity (Wildman–Crippen MR) is 76.9 cm³/mol. The summed E-state index contributed by atoms with van der Waals surface area (Å²) in [5.41, 5.74) is 0. The number of aliphatic hydroxyl groups is 2. The van der Waals surface area contributed by atoms with Crippen LogP contribution in [0.3, 0.4) is 0 Å². The van der Waals surface area contributed by atoms with Crippen LogP contribution in [0.2, 0.25) is 0 Å². The minimum Gasteiger partial charge on any atom is -0.394 e. The van der Waals surface area contributed by atoms with E-state index in [1.165, 1.54) is 0 Å². The molecule has 2 aliphatic heterocycles. The van der Waals surface area contributed by atoms with Gasteiger partial charge in [-0.05, 0) is 0 Å². The molecule has 2 aliphatic rings. The monoisotopic (exact) mass is 324 g/mol. The van der Waals surface area contributed by atoms with Crippen molar-refractivity contribution in [2.24, 2.45) is 0 Å². The Balaban J connectivity index is 0.000000231. The second-order valence-corrected chi connectivity index (χ2v) is 4.73. The maximum Gasteiger partial charge on any atom is 0.104 e. The van der Waals surface area contributed by atoms with Crippen molar-refractivity contribution in [2.75, 3.05) is 79.3 Å². The van der Waals surface area contributed by atoms with Gasteiger partial charge in [0.05, 0.1) is 79.3 Å². The predicted octanol–water partition coefficient (Wildman–Crippen LogP) is -1.18. The number of ether oxygens (including phenoxy) is 6. The Morgan fingerprint density at radius 2 is 1.00 bits per heavy atom. The summed E-state index contributed by atoms with van der Waals surface area (Å²) in [5.74, 6) is 0. The molecule has 0 bridgehead atoms. The molecule has 8 nitrogen and oxygen atoms in total. The van der Waals surface area contributed by atoms with Crippen LogP contribution in [0.5, 0.6) is 0 Å². The van der Waals surface area contributed by atoms with E-state index in [2.05, 4.69) is 0 Å². The lowest BCUT2D eigenvalue weighted by molar-refractivity contribution is 0.00230. The molecule has 2 heterocycles. The fourth-order valence-electron chi connectivity index (χ4n) is 1.33.